The zero-order chi connectivity index (χ0) is 24.4. The Hall–Kier alpha value is -2.83. The van der Waals surface area contributed by atoms with Crippen molar-refractivity contribution in [1.29, 1.82) is 0 Å². The molecule has 0 radical (unpaired) electrons. The Balaban J connectivity index is 1.79. The Kier molecular flexibility index (Phi) is 7.20. The van der Waals surface area contributed by atoms with E-state index in [0.29, 0.717) is 12.3 Å². The van der Waals surface area contributed by atoms with Crippen molar-refractivity contribution < 1.29 is 26.0 Å². The van der Waals surface area contributed by atoms with Crippen LogP contribution < -0.4 is 10.0 Å². The summed E-state index contributed by atoms with van der Waals surface area (Å²) >= 11 is 0. The minimum Gasteiger partial charge on any atom is -0.362 e. The van der Waals surface area contributed by atoms with Crippen LogP contribution in [0.1, 0.15) is 37.0 Å². The van der Waals surface area contributed by atoms with Crippen LogP contribution in [-0.2, 0) is 20.0 Å². The first-order valence-electron chi connectivity index (χ1n) is 10.2. The van der Waals surface area contributed by atoms with Gasteiger partial charge < -0.3 is 10.2 Å². The van der Waals surface area contributed by atoms with Crippen LogP contribution in [0.4, 0.5) is 10.1 Å². The lowest BCUT2D eigenvalue weighted by atomic mass is 10.2. The second kappa shape index (κ2) is 9.57. The maximum absolute atomic E-state index is 14.2. The van der Waals surface area contributed by atoms with Crippen LogP contribution in [0.25, 0.3) is 0 Å². The third kappa shape index (κ3) is 5.95. The number of rotatable bonds is 7. The summed E-state index contributed by atoms with van der Waals surface area (Å²) in [5.41, 5.74) is -0.258. The molecule has 0 spiro atoms. The number of carbonyl (C=O) groups excluding carboxylic acids is 1. The van der Waals surface area contributed by atoms with Gasteiger partial charge in [0.1, 0.15) is 11.7 Å². The molecule has 0 bridgehead atoms. The number of hydrogen-bond donors (Lipinski definition) is 2. The highest BCUT2D eigenvalue weighted by Crippen LogP contribution is 2.21. The van der Waals surface area contributed by atoms with Gasteiger partial charge in [0.15, 0.2) is 0 Å². The minimum atomic E-state index is -3.92. The van der Waals surface area contributed by atoms with Crippen molar-refractivity contribution >= 4 is 37.5 Å². The summed E-state index contributed by atoms with van der Waals surface area (Å²) in [5, 5.41) is 2.44. The van der Waals surface area contributed by atoms with Gasteiger partial charge in [-0.3, -0.25) is 4.79 Å². The van der Waals surface area contributed by atoms with Gasteiger partial charge in [0.2, 0.25) is 10.0 Å². The molecule has 0 unspecified atom stereocenters. The third-order valence-corrected chi connectivity index (χ3v) is 7.83. The van der Waals surface area contributed by atoms with Crippen molar-refractivity contribution in [2.75, 3.05) is 18.9 Å². The SMILES string of the molecule is CC(C)NS(=O)(=O)c1ccc(F)c(C(=O)Nc2ccc(S(=O)(=O)/N=C3/CCCN3C)cc2)c1. The van der Waals surface area contributed by atoms with Crippen molar-refractivity contribution in [3.63, 3.8) is 0 Å². The molecule has 0 atom stereocenters. The minimum absolute atomic E-state index is 0.0488. The summed E-state index contributed by atoms with van der Waals surface area (Å²) in [7, 11) is -6.06. The van der Waals surface area contributed by atoms with E-state index in [2.05, 4.69) is 14.4 Å². The molecule has 2 N–H and O–H groups in total. The molecule has 1 fully saturated rings. The number of amides is 1. The van der Waals surface area contributed by atoms with E-state index in [1.165, 1.54) is 24.3 Å². The monoisotopic (exact) mass is 496 g/mol. The number of amidine groups is 1. The number of anilines is 1. The third-order valence-electron chi connectivity index (χ3n) is 4.85. The van der Waals surface area contributed by atoms with Crippen LogP contribution in [0, 0.1) is 5.82 Å². The van der Waals surface area contributed by atoms with Gasteiger partial charge in [0.05, 0.1) is 15.4 Å². The van der Waals surface area contributed by atoms with E-state index < -0.39 is 37.3 Å². The van der Waals surface area contributed by atoms with Crippen LogP contribution in [0.5, 0.6) is 0 Å². The van der Waals surface area contributed by atoms with Gasteiger partial charge in [-0.05, 0) is 62.7 Å². The molecule has 0 aromatic heterocycles. The number of carbonyl (C=O) groups is 1. The Bertz CT molecular complexity index is 1290. The summed E-state index contributed by atoms with van der Waals surface area (Å²) in [6.07, 6.45) is 1.42. The molecule has 0 saturated carbocycles. The largest absolute Gasteiger partial charge is 0.362 e. The number of benzene rings is 2. The fourth-order valence-corrected chi connectivity index (χ4v) is 5.60. The zero-order valence-corrected chi connectivity index (χ0v) is 20.0. The van der Waals surface area contributed by atoms with Gasteiger partial charge >= 0.3 is 0 Å². The maximum atomic E-state index is 14.2. The van der Waals surface area contributed by atoms with Crippen LogP contribution in [-0.4, -0.2) is 53.1 Å². The molecule has 2 aromatic rings. The molecular formula is C21H25FN4O5S2. The van der Waals surface area contributed by atoms with Gasteiger partial charge in [-0.1, -0.05) is 0 Å². The van der Waals surface area contributed by atoms with Crippen molar-refractivity contribution in [3.05, 3.63) is 53.8 Å². The van der Waals surface area contributed by atoms with E-state index in [1.54, 1.807) is 25.8 Å². The standard InChI is InChI=1S/C21H25FN4O5S2/c1-14(2)24-33(30,31)17-10-11-19(22)18(13-17)21(27)23-15-6-8-16(9-7-15)32(28,29)25-20-5-4-12-26(20)3/h6-11,13-14,24H,4-5,12H2,1-3H3,(H,23,27)/b25-20-. The first-order chi connectivity index (χ1) is 15.4. The van der Waals surface area contributed by atoms with E-state index in [4.69, 9.17) is 0 Å². The molecule has 2 aromatic carbocycles. The van der Waals surface area contributed by atoms with Crippen molar-refractivity contribution in [2.45, 2.75) is 42.5 Å². The van der Waals surface area contributed by atoms with Gasteiger partial charge in [0, 0.05) is 31.7 Å². The molecule has 0 aliphatic carbocycles. The van der Waals surface area contributed by atoms with Gasteiger partial charge in [-0.25, -0.2) is 17.5 Å². The predicted octanol–water partition coefficient (Wildman–Crippen LogP) is 2.58. The van der Waals surface area contributed by atoms with Gasteiger partial charge in [-0.2, -0.15) is 8.42 Å². The fraction of sp³-hybridized carbons (Fsp3) is 0.333. The number of sulfonamides is 2. The average molecular weight is 497 g/mol. The molecule has 1 aliphatic heterocycles. The second-order valence-corrected chi connectivity index (χ2v) is 11.2. The van der Waals surface area contributed by atoms with E-state index in [9.17, 15) is 26.0 Å². The number of hydrogen-bond acceptors (Lipinski definition) is 5. The van der Waals surface area contributed by atoms with E-state index >= 15 is 0 Å². The summed E-state index contributed by atoms with van der Waals surface area (Å²) in [4.78, 5) is 14.1. The predicted molar refractivity (Wildman–Crippen MR) is 123 cm³/mol. The quantitative estimate of drug-likeness (QED) is 0.607. The molecular weight excluding hydrogens is 471 g/mol. The normalized spacial score (nSPS) is 15.9. The Morgan fingerprint density at radius 1 is 1.06 bits per heavy atom. The van der Waals surface area contributed by atoms with Crippen LogP contribution in [0.3, 0.4) is 0 Å². The number of nitrogens with one attached hydrogen (secondary N) is 2. The molecule has 3 rings (SSSR count). The summed E-state index contributed by atoms with van der Waals surface area (Å²) in [6, 6.07) is 7.80. The average Bonchev–Trinajstić information content (AvgIpc) is 3.11. The van der Waals surface area contributed by atoms with Crippen molar-refractivity contribution in [2.24, 2.45) is 4.40 Å². The summed E-state index contributed by atoms with van der Waals surface area (Å²) in [6.45, 7) is 4.01. The smallest absolute Gasteiger partial charge is 0.283 e. The summed E-state index contributed by atoms with van der Waals surface area (Å²) < 4.78 is 70.2. The molecule has 9 nitrogen and oxygen atoms in total. The second-order valence-electron chi connectivity index (χ2n) is 7.90. The fourth-order valence-electron chi connectivity index (χ4n) is 3.23. The topological polar surface area (TPSA) is 125 Å². The lowest BCUT2D eigenvalue weighted by molar-refractivity contribution is 0.102. The van der Waals surface area contributed by atoms with E-state index in [-0.39, 0.29) is 21.5 Å². The molecule has 1 amide bonds. The van der Waals surface area contributed by atoms with Crippen LogP contribution in [0.15, 0.2) is 56.7 Å². The molecule has 1 saturated heterocycles. The lowest BCUT2D eigenvalue weighted by Gasteiger charge is -2.12. The highest BCUT2D eigenvalue weighted by Gasteiger charge is 2.22. The van der Waals surface area contributed by atoms with Crippen molar-refractivity contribution in [3.8, 4) is 0 Å². The number of nitrogens with zero attached hydrogens (tertiary/aromatic N) is 2. The summed E-state index contributed by atoms with van der Waals surface area (Å²) in [5.74, 6) is -1.28. The first kappa shape index (κ1) is 24.8. The number of likely N-dealkylation sites (tertiary alicyclic amines) is 1. The van der Waals surface area contributed by atoms with Gasteiger partial charge in [0.25, 0.3) is 15.9 Å². The first-order valence-corrected chi connectivity index (χ1v) is 13.1. The molecule has 33 heavy (non-hydrogen) atoms. The highest BCUT2D eigenvalue weighted by atomic mass is 32.2. The van der Waals surface area contributed by atoms with Crippen molar-refractivity contribution in [1.82, 2.24) is 9.62 Å². The highest BCUT2D eigenvalue weighted by molar-refractivity contribution is 7.90. The lowest BCUT2D eigenvalue weighted by Crippen LogP contribution is -2.30. The molecule has 12 heteroatoms. The van der Waals surface area contributed by atoms with E-state index in [1.807, 2.05) is 0 Å². The Morgan fingerprint density at radius 2 is 1.70 bits per heavy atom. The Labute approximate surface area is 192 Å². The molecule has 1 heterocycles. The van der Waals surface area contributed by atoms with Crippen LogP contribution >= 0.6 is 0 Å². The Morgan fingerprint density at radius 3 is 2.27 bits per heavy atom. The number of halogens is 1. The molecule has 1 aliphatic rings. The van der Waals surface area contributed by atoms with E-state index in [0.717, 1.165) is 31.2 Å². The molecule has 178 valence electrons. The van der Waals surface area contributed by atoms with Crippen LogP contribution in [0.2, 0.25) is 0 Å². The zero-order valence-electron chi connectivity index (χ0n) is 18.4. The van der Waals surface area contributed by atoms with Gasteiger partial charge in [-0.15, -0.1) is 4.40 Å². The maximum Gasteiger partial charge on any atom is 0.283 e.